The van der Waals surface area contributed by atoms with Crippen LogP contribution in [-0.4, -0.2) is 59.0 Å². The molecule has 40 heavy (non-hydrogen) atoms. The van der Waals surface area contributed by atoms with E-state index in [9.17, 15) is 18.0 Å². The molecule has 12 heteroatoms. The molecule has 8 nitrogen and oxygen atoms in total. The third-order valence-electron chi connectivity index (χ3n) is 6.42. The van der Waals surface area contributed by atoms with Crippen LogP contribution in [0.4, 0.5) is 29.3 Å². The van der Waals surface area contributed by atoms with Crippen LogP contribution in [-0.2, 0) is 12.7 Å². The lowest BCUT2D eigenvalue weighted by Gasteiger charge is -2.31. The van der Waals surface area contributed by atoms with Gasteiger partial charge < -0.3 is 20.3 Å². The molecule has 1 saturated heterocycles. The average Bonchev–Trinajstić information content (AvgIpc) is 2.91. The zero-order valence-electron chi connectivity index (χ0n) is 21.5. The first kappa shape index (κ1) is 27.6. The number of anilines is 2. The van der Waals surface area contributed by atoms with Crippen LogP contribution >= 0.6 is 11.6 Å². The molecule has 1 aliphatic rings. The number of alkyl halides is 3. The van der Waals surface area contributed by atoms with Crippen molar-refractivity contribution in [2.24, 2.45) is 0 Å². The Kier molecular flexibility index (Phi) is 8.06. The van der Waals surface area contributed by atoms with Crippen LogP contribution < -0.4 is 15.4 Å². The lowest BCUT2D eigenvalue weighted by molar-refractivity contribution is -0.137. The molecule has 0 spiro atoms. The van der Waals surface area contributed by atoms with Gasteiger partial charge >= 0.3 is 12.2 Å². The number of halogens is 4. The smallest absolute Gasteiger partial charge is 0.417 e. The Balaban J connectivity index is 1.20. The summed E-state index contributed by atoms with van der Waals surface area (Å²) in [6.45, 7) is 4.79. The molecule has 0 radical (unpaired) electrons. The highest BCUT2D eigenvalue weighted by molar-refractivity contribution is 6.31. The number of nitrogens with zero attached hydrogens (tertiary/aromatic N) is 4. The summed E-state index contributed by atoms with van der Waals surface area (Å²) in [7, 11) is 2.12. The minimum absolute atomic E-state index is 0.0414. The van der Waals surface area contributed by atoms with Crippen molar-refractivity contribution >= 4 is 40.0 Å². The van der Waals surface area contributed by atoms with E-state index in [4.69, 9.17) is 21.3 Å². The van der Waals surface area contributed by atoms with Gasteiger partial charge in [0.05, 0.1) is 33.5 Å². The van der Waals surface area contributed by atoms with Gasteiger partial charge in [0.25, 0.3) is 0 Å². The molecule has 2 heterocycles. The van der Waals surface area contributed by atoms with E-state index >= 15 is 0 Å². The van der Waals surface area contributed by atoms with Crippen LogP contribution in [0.25, 0.3) is 11.0 Å². The van der Waals surface area contributed by atoms with Gasteiger partial charge in [0.15, 0.2) is 0 Å². The molecule has 2 amide bonds. The van der Waals surface area contributed by atoms with Crippen molar-refractivity contribution in [1.29, 1.82) is 0 Å². The number of benzene rings is 3. The van der Waals surface area contributed by atoms with E-state index in [1.165, 1.54) is 6.07 Å². The molecule has 2 N–H and O–H groups in total. The number of piperazine rings is 1. The van der Waals surface area contributed by atoms with Gasteiger partial charge in [-0.2, -0.15) is 13.2 Å². The second-order valence-electron chi connectivity index (χ2n) is 9.49. The first-order valence-corrected chi connectivity index (χ1v) is 12.9. The molecule has 0 saturated carbocycles. The van der Waals surface area contributed by atoms with Gasteiger partial charge in [-0.1, -0.05) is 11.6 Å². The van der Waals surface area contributed by atoms with E-state index in [0.29, 0.717) is 17.2 Å². The molecular weight excluding hydrogens is 545 g/mol. The number of fused-ring (bicyclic) bond motifs is 1. The predicted octanol–water partition coefficient (Wildman–Crippen LogP) is 6.49. The number of hydrogen-bond donors (Lipinski definition) is 2. The summed E-state index contributed by atoms with van der Waals surface area (Å²) in [6, 6.07) is 14.5. The Hall–Kier alpha value is -3.93. The van der Waals surface area contributed by atoms with Crippen molar-refractivity contribution < 1.29 is 22.7 Å². The van der Waals surface area contributed by atoms with Gasteiger partial charge in [0.1, 0.15) is 11.5 Å². The number of carbonyl (C=O) groups is 1. The maximum absolute atomic E-state index is 13.1. The van der Waals surface area contributed by atoms with E-state index in [2.05, 4.69) is 32.5 Å². The Morgan fingerprint density at radius 1 is 0.925 bits per heavy atom. The zero-order valence-corrected chi connectivity index (χ0v) is 22.3. The topological polar surface area (TPSA) is 82.6 Å². The molecule has 0 bridgehead atoms. The number of nitrogens with one attached hydrogen (secondary N) is 2. The Morgan fingerprint density at radius 3 is 2.33 bits per heavy atom. The summed E-state index contributed by atoms with van der Waals surface area (Å²) in [5.41, 5.74) is 1.75. The number of urea groups is 1. The van der Waals surface area contributed by atoms with Crippen molar-refractivity contribution in [3.63, 3.8) is 0 Å². The molecule has 5 rings (SSSR count). The Labute approximate surface area is 233 Å². The summed E-state index contributed by atoms with van der Waals surface area (Å²) in [4.78, 5) is 26.3. The molecule has 1 aliphatic heterocycles. The summed E-state index contributed by atoms with van der Waals surface area (Å²) in [5.74, 6) is 1.11. The van der Waals surface area contributed by atoms with Crippen LogP contribution in [0.3, 0.4) is 0 Å². The average molecular weight is 571 g/mol. The third-order valence-corrected chi connectivity index (χ3v) is 6.75. The molecule has 208 valence electrons. The molecule has 0 aliphatic carbocycles. The van der Waals surface area contributed by atoms with E-state index in [1.54, 1.807) is 30.3 Å². The maximum atomic E-state index is 13.1. The number of aromatic nitrogens is 2. The van der Waals surface area contributed by atoms with E-state index in [-0.39, 0.29) is 5.69 Å². The second-order valence-corrected chi connectivity index (χ2v) is 9.90. The van der Waals surface area contributed by atoms with Crippen LogP contribution in [0.1, 0.15) is 11.3 Å². The van der Waals surface area contributed by atoms with Crippen molar-refractivity contribution in [2.45, 2.75) is 12.7 Å². The highest BCUT2D eigenvalue weighted by Gasteiger charge is 2.33. The predicted molar refractivity (Wildman–Crippen MR) is 148 cm³/mol. The number of rotatable bonds is 6. The van der Waals surface area contributed by atoms with Crippen molar-refractivity contribution in [1.82, 2.24) is 19.8 Å². The highest BCUT2D eigenvalue weighted by atomic mass is 35.5. The molecule has 3 aromatic carbocycles. The summed E-state index contributed by atoms with van der Waals surface area (Å²) in [5, 5.41) is 4.51. The summed E-state index contributed by atoms with van der Waals surface area (Å²) < 4.78 is 45.2. The van der Waals surface area contributed by atoms with Crippen LogP contribution in [0.5, 0.6) is 11.5 Å². The van der Waals surface area contributed by atoms with E-state index in [0.717, 1.165) is 61.6 Å². The first-order valence-electron chi connectivity index (χ1n) is 12.5. The van der Waals surface area contributed by atoms with Gasteiger partial charge in [0, 0.05) is 50.2 Å². The molecule has 0 atom stereocenters. The number of ether oxygens (including phenoxy) is 1. The summed E-state index contributed by atoms with van der Waals surface area (Å²) >= 11 is 5.63. The standard InChI is InChI=1S/C28H26ClF3N6O2/c1-37-10-12-38(13-11-37)17-20-16-33-25-9-7-22(15-26(25)34-20)40-21-5-2-18(3-6-21)35-27(39)36-19-4-8-24(29)23(14-19)28(30,31)32/h2-9,14-16H,10-13,17H2,1H3,(H2,35,36,39). The Bertz CT molecular complexity index is 1510. The normalized spacial score (nSPS) is 14.7. The molecule has 1 aromatic heterocycles. The second kappa shape index (κ2) is 11.7. The minimum Gasteiger partial charge on any atom is -0.457 e. The largest absolute Gasteiger partial charge is 0.457 e. The monoisotopic (exact) mass is 570 g/mol. The number of hydrogen-bond acceptors (Lipinski definition) is 6. The van der Waals surface area contributed by atoms with Crippen LogP contribution in [0.2, 0.25) is 5.02 Å². The lowest BCUT2D eigenvalue weighted by Crippen LogP contribution is -2.44. The van der Waals surface area contributed by atoms with Gasteiger partial charge in [-0.25, -0.2) is 9.78 Å². The number of likely N-dealkylation sites (N-methyl/N-ethyl adjacent to an activating group) is 1. The van der Waals surface area contributed by atoms with Gasteiger partial charge in [-0.15, -0.1) is 0 Å². The number of amides is 2. The molecule has 1 fully saturated rings. The van der Waals surface area contributed by atoms with Gasteiger partial charge in [-0.05, 0) is 61.6 Å². The van der Waals surface area contributed by atoms with Crippen LogP contribution in [0, 0.1) is 0 Å². The van der Waals surface area contributed by atoms with Crippen LogP contribution in [0.15, 0.2) is 66.9 Å². The highest BCUT2D eigenvalue weighted by Crippen LogP contribution is 2.36. The first-order chi connectivity index (χ1) is 19.1. The molecule has 4 aromatic rings. The summed E-state index contributed by atoms with van der Waals surface area (Å²) in [6.07, 6.45) is -2.82. The fourth-order valence-electron chi connectivity index (χ4n) is 4.26. The minimum atomic E-state index is -4.63. The molecular formula is C28H26ClF3N6O2. The third kappa shape index (κ3) is 6.98. The SMILES string of the molecule is CN1CCN(Cc2cnc3ccc(Oc4ccc(NC(=O)Nc5ccc(Cl)c(C(F)(F)F)c5)cc4)cc3n2)CC1. The van der Waals surface area contributed by atoms with Crippen molar-refractivity contribution in [3.05, 3.63) is 83.1 Å². The number of carbonyl (C=O) groups excluding carboxylic acids is 1. The fraction of sp³-hybridized carbons (Fsp3) is 0.250. The fourth-order valence-corrected chi connectivity index (χ4v) is 4.49. The zero-order chi connectivity index (χ0) is 28.3. The Morgan fingerprint density at radius 2 is 1.60 bits per heavy atom. The molecule has 0 unspecified atom stereocenters. The van der Waals surface area contributed by atoms with Gasteiger partial charge in [0.2, 0.25) is 0 Å². The van der Waals surface area contributed by atoms with Crippen molar-refractivity contribution in [3.8, 4) is 11.5 Å². The maximum Gasteiger partial charge on any atom is 0.417 e. The van der Waals surface area contributed by atoms with Gasteiger partial charge in [-0.3, -0.25) is 9.88 Å². The van der Waals surface area contributed by atoms with E-state index < -0.39 is 22.8 Å². The van der Waals surface area contributed by atoms with Crippen molar-refractivity contribution in [2.75, 3.05) is 43.9 Å². The lowest BCUT2D eigenvalue weighted by atomic mass is 10.2. The van der Waals surface area contributed by atoms with E-state index in [1.807, 2.05) is 18.3 Å². The quantitative estimate of drug-likeness (QED) is 0.276.